The molecule has 1 unspecified atom stereocenters. The number of halogens is 1. The number of aliphatic imine (C=N–C) groups is 1. The zero-order valence-electron chi connectivity index (χ0n) is 37.1. The van der Waals surface area contributed by atoms with Gasteiger partial charge in [-0.25, -0.2) is 4.99 Å². The summed E-state index contributed by atoms with van der Waals surface area (Å²) in [5.41, 5.74) is 20.6. The van der Waals surface area contributed by atoms with Gasteiger partial charge in [-0.1, -0.05) is 206 Å². The molecule has 10 aromatic carbocycles. The first-order valence-corrected chi connectivity index (χ1v) is 23.4. The van der Waals surface area contributed by atoms with Gasteiger partial charge < -0.3 is 9.88 Å². The lowest BCUT2D eigenvalue weighted by molar-refractivity contribution is 0.789. The van der Waals surface area contributed by atoms with Gasteiger partial charge in [0.15, 0.2) is 5.29 Å². The van der Waals surface area contributed by atoms with E-state index in [-0.39, 0.29) is 6.04 Å². The predicted octanol–water partition coefficient (Wildman–Crippen LogP) is 17.1. The van der Waals surface area contributed by atoms with Crippen LogP contribution in [0.2, 0.25) is 0 Å². The maximum Gasteiger partial charge on any atom is 0.197 e. The second-order valence-electron chi connectivity index (χ2n) is 17.4. The Bertz CT molecular complexity index is 3700. The lowest BCUT2D eigenvalue weighted by Crippen LogP contribution is -2.26. The highest BCUT2D eigenvalue weighted by atomic mass is 35.5. The fraction of sp³-hybridized carbons (Fsp3) is 0.0156. The van der Waals surface area contributed by atoms with E-state index in [0.717, 1.165) is 44.8 Å². The molecule has 3 nitrogen and oxygen atoms in total. The molecule has 1 N–H and O–H groups in total. The van der Waals surface area contributed by atoms with E-state index < -0.39 is 0 Å². The second kappa shape index (κ2) is 17.7. The van der Waals surface area contributed by atoms with E-state index in [2.05, 4.69) is 265 Å². The van der Waals surface area contributed by atoms with E-state index in [1.165, 1.54) is 66.3 Å². The van der Waals surface area contributed by atoms with Crippen LogP contribution in [0.15, 0.2) is 260 Å². The zero-order chi connectivity index (χ0) is 45.4. The van der Waals surface area contributed by atoms with Crippen molar-refractivity contribution in [2.45, 2.75) is 6.04 Å². The molecule has 0 saturated carbocycles. The summed E-state index contributed by atoms with van der Waals surface area (Å²) in [5, 5.41) is 6.24. The number of nitrogens with zero attached hydrogens (tertiary/aromatic N) is 2. The average Bonchev–Trinajstić information content (AvgIpc) is 3.75. The zero-order valence-corrected chi connectivity index (χ0v) is 37.9. The van der Waals surface area contributed by atoms with Crippen LogP contribution in [0.3, 0.4) is 0 Å². The summed E-state index contributed by atoms with van der Waals surface area (Å²) < 4.78 is 2.40. The number of benzene rings is 10. The Labute approximate surface area is 401 Å². The maximum atomic E-state index is 6.69. The molecular weight excluding hydrogens is 846 g/mol. The maximum absolute atomic E-state index is 6.69. The topological polar surface area (TPSA) is 29.3 Å². The molecule has 12 rings (SSSR count). The third kappa shape index (κ3) is 8.00. The van der Waals surface area contributed by atoms with E-state index in [1.807, 2.05) is 0 Å². The summed E-state index contributed by atoms with van der Waals surface area (Å²) in [6.07, 6.45) is 2.16. The standard InChI is InChI=1S/C64H44ClN3/c65-64-66-60(47-31-27-45(28-32-47)50-18-10-21-53(38-50)52-20-9-17-49(37-52)43-13-3-1-4-14-43)42-61(67-64)48-33-29-46(30-34-48)51-19-11-22-54(39-51)56-35-36-59-58-25-7-8-26-62(58)68(63(59)41-56)57-24-12-23-55(40-57)44-15-5-2-6-16-44/h1-42,61H,(H,66,67). The van der Waals surface area contributed by atoms with E-state index >= 15 is 0 Å². The molecule has 1 atom stereocenters. The van der Waals surface area contributed by atoms with Crippen LogP contribution in [-0.2, 0) is 0 Å². The quantitative estimate of drug-likeness (QED) is 0.144. The molecule has 0 bridgehead atoms. The van der Waals surface area contributed by atoms with E-state index in [0.29, 0.717) is 5.29 Å². The van der Waals surface area contributed by atoms with Crippen molar-refractivity contribution >= 4 is 44.4 Å². The third-order valence-corrected chi connectivity index (χ3v) is 13.4. The summed E-state index contributed by atoms with van der Waals surface area (Å²) in [6.45, 7) is 0. The van der Waals surface area contributed by atoms with Gasteiger partial charge in [0.25, 0.3) is 0 Å². The average molecular weight is 891 g/mol. The molecule has 0 saturated heterocycles. The molecule has 0 spiro atoms. The normalized spacial score (nSPS) is 13.5. The van der Waals surface area contributed by atoms with Crippen molar-refractivity contribution in [2.24, 2.45) is 4.99 Å². The lowest BCUT2D eigenvalue weighted by Gasteiger charge is -2.21. The Morgan fingerprint density at radius 2 is 0.750 bits per heavy atom. The SMILES string of the molecule is ClC1=NC(c2ccc(-c3cccc(-c4cccc(-c5ccccc5)c4)c3)cc2)=CC(c2ccc(-c3cccc(-c4ccc5c6ccccc6n(-c6cccc(-c7ccccc7)c6)c5c4)c3)cc2)N1. The number of amidine groups is 1. The molecule has 1 aliphatic rings. The molecule has 4 heteroatoms. The monoisotopic (exact) mass is 889 g/mol. The predicted molar refractivity (Wildman–Crippen MR) is 287 cm³/mol. The number of nitrogens with one attached hydrogen (secondary N) is 1. The molecule has 11 aromatic rings. The summed E-state index contributed by atoms with van der Waals surface area (Å²) in [6, 6.07) is 89.1. The number of fused-ring (bicyclic) bond motifs is 3. The van der Waals surface area contributed by atoms with Crippen molar-refractivity contribution in [3.05, 3.63) is 266 Å². The van der Waals surface area contributed by atoms with Gasteiger partial charge in [-0.2, -0.15) is 0 Å². The fourth-order valence-corrected chi connectivity index (χ4v) is 9.92. The van der Waals surface area contributed by atoms with Gasteiger partial charge in [0.05, 0.1) is 22.8 Å². The Balaban J connectivity index is 0.792. The molecular formula is C64H44ClN3. The highest BCUT2D eigenvalue weighted by molar-refractivity contribution is 6.65. The first kappa shape index (κ1) is 41.0. The molecule has 1 aromatic heterocycles. The molecule has 0 aliphatic carbocycles. The first-order valence-electron chi connectivity index (χ1n) is 23.1. The molecule has 322 valence electrons. The summed E-state index contributed by atoms with van der Waals surface area (Å²) in [4.78, 5) is 4.72. The Kier molecular flexibility index (Phi) is 10.7. The minimum absolute atomic E-state index is 0.134. The highest BCUT2D eigenvalue weighted by Gasteiger charge is 2.19. The van der Waals surface area contributed by atoms with Gasteiger partial charge in [0, 0.05) is 22.0 Å². The third-order valence-electron chi connectivity index (χ3n) is 13.2. The van der Waals surface area contributed by atoms with Crippen LogP contribution in [0.1, 0.15) is 17.2 Å². The van der Waals surface area contributed by atoms with Gasteiger partial charge in [-0.05, 0) is 132 Å². The van der Waals surface area contributed by atoms with Gasteiger partial charge in [-0.3, -0.25) is 0 Å². The molecule has 0 radical (unpaired) electrons. The Morgan fingerprint density at radius 1 is 0.338 bits per heavy atom. The largest absolute Gasteiger partial charge is 0.350 e. The van der Waals surface area contributed by atoms with E-state index in [1.54, 1.807) is 0 Å². The molecule has 1 aliphatic heterocycles. The van der Waals surface area contributed by atoms with Gasteiger partial charge >= 0.3 is 0 Å². The van der Waals surface area contributed by atoms with Crippen molar-refractivity contribution in [3.63, 3.8) is 0 Å². The van der Waals surface area contributed by atoms with Crippen LogP contribution in [0.4, 0.5) is 0 Å². The number of hydrogen-bond acceptors (Lipinski definition) is 2. The molecule has 68 heavy (non-hydrogen) atoms. The van der Waals surface area contributed by atoms with Crippen LogP contribution in [-0.4, -0.2) is 9.86 Å². The van der Waals surface area contributed by atoms with Crippen LogP contribution < -0.4 is 5.32 Å². The van der Waals surface area contributed by atoms with Gasteiger partial charge in [0.1, 0.15) is 0 Å². The molecule has 2 heterocycles. The van der Waals surface area contributed by atoms with Crippen LogP contribution in [0.5, 0.6) is 0 Å². The number of rotatable bonds is 9. The first-order chi connectivity index (χ1) is 33.6. The van der Waals surface area contributed by atoms with Crippen molar-refractivity contribution in [1.82, 2.24) is 9.88 Å². The van der Waals surface area contributed by atoms with Crippen LogP contribution in [0, 0.1) is 0 Å². The van der Waals surface area contributed by atoms with Crippen molar-refractivity contribution in [3.8, 4) is 72.4 Å². The van der Waals surface area contributed by atoms with Crippen molar-refractivity contribution < 1.29 is 0 Å². The van der Waals surface area contributed by atoms with Crippen LogP contribution in [0.25, 0.3) is 100.0 Å². The summed E-state index contributed by atoms with van der Waals surface area (Å²) in [7, 11) is 0. The van der Waals surface area contributed by atoms with Gasteiger partial charge in [-0.15, -0.1) is 0 Å². The summed E-state index contributed by atoms with van der Waals surface area (Å²) in [5.74, 6) is 0. The smallest absolute Gasteiger partial charge is 0.197 e. The minimum Gasteiger partial charge on any atom is -0.350 e. The van der Waals surface area contributed by atoms with Crippen LogP contribution >= 0.6 is 11.6 Å². The fourth-order valence-electron chi connectivity index (χ4n) is 9.71. The van der Waals surface area contributed by atoms with E-state index in [4.69, 9.17) is 16.6 Å². The molecule has 0 fully saturated rings. The summed E-state index contributed by atoms with van der Waals surface area (Å²) >= 11 is 6.69. The highest BCUT2D eigenvalue weighted by Crippen LogP contribution is 2.38. The van der Waals surface area contributed by atoms with Crippen molar-refractivity contribution in [2.75, 3.05) is 0 Å². The van der Waals surface area contributed by atoms with Crippen molar-refractivity contribution in [1.29, 1.82) is 0 Å². The Hall–Kier alpha value is -8.50. The number of aromatic nitrogens is 1. The number of para-hydroxylation sites is 1. The second-order valence-corrected chi connectivity index (χ2v) is 17.7. The number of hydrogen-bond donors (Lipinski definition) is 1. The lowest BCUT2D eigenvalue weighted by atomic mass is 9.95. The Morgan fingerprint density at radius 3 is 1.34 bits per heavy atom. The molecule has 0 amide bonds. The minimum atomic E-state index is -0.134. The van der Waals surface area contributed by atoms with Gasteiger partial charge in [0.2, 0.25) is 0 Å². The van der Waals surface area contributed by atoms with E-state index in [9.17, 15) is 0 Å².